The lowest BCUT2D eigenvalue weighted by molar-refractivity contribution is 0.714. The topological polar surface area (TPSA) is 69.4 Å². The van der Waals surface area contributed by atoms with Crippen LogP contribution in [0.2, 0.25) is 0 Å². The van der Waals surface area contributed by atoms with Gasteiger partial charge in [0.15, 0.2) is 11.0 Å². The second kappa shape index (κ2) is 8.04. The van der Waals surface area contributed by atoms with Crippen molar-refractivity contribution in [1.29, 1.82) is 0 Å². The second-order valence-electron chi connectivity index (χ2n) is 6.92. The fourth-order valence-corrected chi connectivity index (χ4v) is 4.19. The number of benzene rings is 2. The van der Waals surface area contributed by atoms with Gasteiger partial charge in [-0.3, -0.25) is 9.55 Å². The molecule has 0 atom stereocenters. The first kappa shape index (κ1) is 18.4. The van der Waals surface area contributed by atoms with E-state index in [1.165, 1.54) is 22.9 Å². The van der Waals surface area contributed by atoms with Gasteiger partial charge in [0.05, 0.1) is 12.1 Å². The molecule has 3 aromatic heterocycles. The molecule has 0 fully saturated rings. The molecule has 0 aliphatic rings. The van der Waals surface area contributed by atoms with Gasteiger partial charge >= 0.3 is 0 Å². The monoisotopic (exact) mass is 410 g/mol. The molecule has 5 aromatic rings. The highest BCUT2D eigenvalue weighted by atomic mass is 32.2. The van der Waals surface area contributed by atoms with E-state index < -0.39 is 0 Å². The van der Waals surface area contributed by atoms with E-state index >= 15 is 0 Å². The van der Waals surface area contributed by atoms with Crippen LogP contribution in [-0.4, -0.2) is 29.7 Å². The average molecular weight is 411 g/mol. The highest BCUT2D eigenvalue weighted by Gasteiger charge is 2.17. The largest absolute Gasteiger partial charge is 0.297 e. The predicted octanol–water partition coefficient (Wildman–Crippen LogP) is 4.79. The van der Waals surface area contributed by atoms with Gasteiger partial charge in [0, 0.05) is 23.3 Å². The molecule has 0 spiro atoms. The van der Waals surface area contributed by atoms with Crippen molar-refractivity contribution >= 4 is 22.7 Å². The van der Waals surface area contributed by atoms with E-state index in [2.05, 4.69) is 60.9 Å². The first-order valence-electron chi connectivity index (χ1n) is 9.55. The van der Waals surface area contributed by atoms with Crippen molar-refractivity contribution in [1.82, 2.24) is 29.7 Å². The smallest absolute Gasteiger partial charge is 0.198 e. The van der Waals surface area contributed by atoms with Crippen molar-refractivity contribution in [3.63, 3.8) is 0 Å². The van der Waals surface area contributed by atoms with Crippen LogP contribution in [-0.2, 0) is 6.54 Å². The van der Waals surface area contributed by atoms with Crippen molar-refractivity contribution in [3.8, 4) is 11.4 Å². The summed E-state index contributed by atoms with van der Waals surface area (Å²) in [6.45, 7) is 2.72. The molecule has 5 rings (SSSR count). The Labute approximate surface area is 178 Å². The predicted molar refractivity (Wildman–Crippen MR) is 117 cm³/mol. The maximum atomic E-state index is 4.53. The fraction of sp³-hybridized carbons (Fsp3) is 0.0870. The number of rotatable bonds is 5. The quantitative estimate of drug-likeness (QED) is 0.388. The third-order valence-electron chi connectivity index (χ3n) is 4.76. The Morgan fingerprint density at radius 3 is 2.67 bits per heavy atom. The summed E-state index contributed by atoms with van der Waals surface area (Å²) in [7, 11) is 0. The highest BCUT2D eigenvalue weighted by Crippen LogP contribution is 2.33. The van der Waals surface area contributed by atoms with Gasteiger partial charge in [-0.05, 0) is 48.5 Å². The zero-order valence-electron chi connectivity index (χ0n) is 16.3. The molecule has 30 heavy (non-hydrogen) atoms. The second-order valence-corrected chi connectivity index (χ2v) is 7.88. The zero-order chi connectivity index (χ0) is 20.3. The lowest BCUT2D eigenvalue weighted by Crippen LogP contribution is -2.04. The normalized spacial score (nSPS) is 11.1. The van der Waals surface area contributed by atoms with Crippen LogP contribution >= 0.6 is 11.8 Å². The first-order valence-corrected chi connectivity index (χ1v) is 10.4. The van der Waals surface area contributed by atoms with Gasteiger partial charge in [-0.1, -0.05) is 42.0 Å². The lowest BCUT2D eigenvalue weighted by Gasteiger charge is -2.11. The van der Waals surface area contributed by atoms with E-state index in [1.54, 1.807) is 12.5 Å². The summed E-state index contributed by atoms with van der Waals surface area (Å²) >= 11 is 1.50. The van der Waals surface area contributed by atoms with Gasteiger partial charge in [0.25, 0.3) is 0 Å². The van der Waals surface area contributed by atoms with Gasteiger partial charge in [-0.2, -0.15) is 0 Å². The van der Waals surface area contributed by atoms with E-state index in [0.29, 0.717) is 6.54 Å². The number of aryl methyl sites for hydroxylation is 1. The van der Waals surface area contributed by atoms with Crippen LogP contribution in [0.5, 0.6) is 0 Å². The number of nitrogens with zero attached hydrogens (tertiary/aromatic N) is 6. The molecule has 0 saturated carbocycles. The van der Waals surface area contributed by atoms with Gasteiger partial charge in [0.1, 0.15) is 11.4 Å². The molecular weight excluding hydrogens is 392 g/mol. The Bertz CT molecular complexity index is 1300. The molecule has 146 valence electrons. The van der Waals surface area contributed by atoms with Crippen molar-refractivity contribution in [2.24, 2.45) is 0 Å². The summed E-state index contributed by atoms with van der Waals surface area (Å²) in [6, 6.07) is 20.4. The summed E-state index contributed by atoms with van der Waals surface area (Å²) < 4.78 is 2.11. The molecule has 6 nitrogen and oxygen atoms in total. The fourth-order valence-electron chi connectivity index (χ4n) is 3.30. The average Bonchev–Trinajstić information content (AvgIpc) is 3.17. The van der Waals surface area contributed by atoms with E-state index in [1.807, 2.05) is 42.6 Å². The third kappa shape index (κ3) is 3.67. The molecule has 0 N–H and O–H groups in total. The first-order chi connectivity index (χ1) is 14.8. The molecule has 7 heteroatoms. The summed E-state index contributed by atoms with van der Waals surface area (Å²) in [5.41, 5.74) is 4.18. The van der Waals surface area contributed by atoms with E-state index in [9.17, 15) is 0 Å². The van der Waals surface area contributed by atoms with Crippen molar-refractivity contribution in [3.05, 3.63) is 90.5 Å². The van der Waals surface area contributed by atoms with Crippen LogP contribution in [0.4, 0.5) is 0 Å². The molecule has 0 bridgehead atoms. The molecule has 0 radical (unpaired) electrons. The molecule has 0 aliphatic carbocycles. The van der Waals surface area contributed by atoms with Crippen molar-refractivity contribution in [2.45, 2.75) is 23.7 Å². The zero-order valence-corrected chi connectivity index (χ0v) is 17.1. The van der Waals surface area contributed by atoms with E-state index in [4.69, 9.17) is 0 Å². The summed E-state index contributed by atoms with van der Waals surface area (Å²) in [5.74, 6) is 0.781. The Morgan fingerprint density at radius 1 is 0.933 bits per heavy atom. The minimum Gasteiger partial charge on any atom is -0.297 e. The van der Waals surface area contributed by atoms with Crippen LogP contribution in [0.3, 0.4) is 0 Å². The van der Waals surface area contributed by atoms with Crippen LogP contribution in [0.25, 0.3) is 22.3 Å². The van der Waals surface area contributed by atoms with Gasteiger partial charge in [-0.25, -0.2) is 9.97 Å². The Kier molecular flexibility index (Phi) is 4.94. The minimum absolute atomic E-state index is 0.655. The third-order valence-corrected chi connectivity index (χ3v) is 5.77. The van der Waals surface area contributed by atoms with Crippen LogP contribution in [0.1, 0.15) is 11.1 Å². The van der Waals surface area contributed by atoms with Crippen LogP contribution in [0, 0.1) is 6.92 Å². The summed E-state index contributed by atoms with van der Waals surface area (Å²) in [4.78, 5) is 13.2. The summed E-state index contributed by atoms with van der Waals surface area (Å²) in [6.07, 6.45) is 5.16. The number of pyridine rings is 1. The molecule has 3 heterocycles. The minimum atomic E-state index is 0.655. The Morgan fingerprint density at radius 2 is 1.83 bits per heavy atom. The standard InChI is InChI=1S/C23H18N6S/c1-16-9-10-20-19(12-16)22(26-15-25-20)30-23-28-27-21(18-8-5-11-24-13-18)29(23)14-17-6-3-2-4-7-17/h2-13,15H,14H2,1H3. The molecule has 0 unspecified atom stereocenters. The Hall–Kier alpha value is -3.58. The number of hydrogen-bond acceptors (Lipinski definition) is 6. The molecule has 2 aromatic carbocycles. The number of fused-ring (bicyclic) bond motifs is 1. The van der Waals surface area contributed by atoms with Gasteiger partial charge < -0.3 is 0 Å². The maximum absolute atomic E-state index is 4.53. The molecule has 0 amide bonds. The molecular formula is C23H18N6S. The lowest BCUT2D eigenvalue weighted by atomic mass is 10.2. The maximum Gasteiger partial charge on any atom is 0.198 e. The van der Waals surface area contributed by atoms with E-state index in [-0.39, 0.29) is 0 Å². The van der Waals surface area contributed by atoms with Crippen molar-refractivity contribution < 1.29 is 0 Å². The summed E-state index contributed by atoms with van der Waals surface area (Å²) in [5, 5.41) is 11.6. The molecule has 0 saturated heterocycles. The Balaban J connectivity index is 1.60. The van der Waals surface area contributed by atoms with Crippen LogP contribution in [0.15, 0.2) is 89.6 Å². The van der Waals surface area contributed by atoms with Crippen LogP contribution < -0.4 is 0 Å². The van der Waals surface area contributed by atoms with Crippen molar-refractivity contribution in [2.75, 3.05) is 0 Å². The highest BCUT2D eigenvalue weighted by molar-refractivity contribution is 7.99. The van der Waals surface area contributed by atoms with Gasteiger partial charge in [-0.15, -0.1) is 10.2 Å². The number of hydrogen-bond donors (Lipinski definition) is 0. The number of aromatic nitrogens is 6. The molecule has 0 aliphatic heterocycles. The van der Waals surface area contributed by atoms with E-state index in [0.717, 1.165) is 32.5 Å². The SMILES string of the molecule is Cc1ccc2ncnc(Sc3nnc(-c4cccnc4)n3Cc3ccccc3)c2c1. The van der Waals surface area contributed by atoms with Gasteiger partial charge in [0.2, 0.25) is 0 Å².